The third-order valence-electron chi connectivity index (χ3n) is 2.45. The van der Waals surface area contributed by atoms with Crippen molar-refractivity contribution in [3.05, 3.63) is 28.5 Å². The fraction of sp³-hybridized carbons (Fsp3) is 0.400. The zero-order valence-electron chi connectivity index (χ0n) is 7.87. The highest BCUT2D eigenvalue weighted by Gasteiger charge is 2.22. The molecule has 0 aromatic carbocycles. The van der Waals surface area contributed by atoms with E-state index in [1.807, 2.05) is 6.07 Å². The molecule has 0 bridgehead atoms. The Morgan fingerprint density at radius 1 is 1.50 bits per heavy atom. The molecule has 1 unspecified atom stereocenters. The minimum atomic E-state index is 0.444. The number of fused-ring (bicyclic) bond motifs is 1. The molecule has 1 aliphatic carbocycles. The van der Waals surface area contributed by atoms with E-state index in [-0.39, 0.29) is 0 Å². The van der Waals surface area contributed by atoms with Crippen LogP contribution in [0.25, 0.3) is 0 Å². The van der Waals surface area contributed by atoms with E-state index in [4.69, 9.17) is 16.8 Å². The van der Waals surface area contributed by atoms with E-state index in [0.29, 0.717) is 16.8 Å². The second-order valence-electron chi connectivity index (χ2n) is 3.70. The second kappa shape index (κ2) is 3.58. The van der Waals surface area contributed by atoms with Crippen molar-refractivity contribution in [2.24, 2.45) is 11.1 Å². The molecule has 1 aromatic rings. The van der Waals surface area contributed by atoms with Gasteiger partial charge < -0.3 is 5.21 Å². The first-order valence-electron chi connectivity index (χ1n) is 4.57. The van der Waals surface area contributed by atoms with Crippen molar-refractivity contribution in [1.82, 2.24) is 4.98 Å². The Kier molecular flexibility index (Phi) is 2.42. The average molecular weight is 211 g/mol. The second-order valence-corrected chi connectivity index (χ2v) is 4.09. The lowest BCUT2D eigenvalue weighted by molar-refractivity contribution is 0.315. The number of rotatable bonds is 0. The minimum Gasteiger partial charge on any atom is -0.411 e. The zero-order valence-corrected chi connectivity index (χ0v) is 8.62. The van der Waals surface area contributed by atoms with Gasteiger partial charge in [0.2, 0.25) is 0 Å². The molecule has 4 heteroatoms. The highest BCUT2D eigenvalue weighted by atomic mass is 35.5. The number of pyridine rings is 1. The number of oxime groups is 1. The Morgan fingerprint density at radius 3 is 3.00 bits per heavy atom. The summed E-state index contributed by atoms with van der Waals surface area (Å²) in [4.78, 5) is 4.18. The standard InChI is InChI=1S/C10H11ClN2O/c1-6-4-7-2-3-9(11)12-10(7)8(5-6)13-14/h2-3,6,14H,4-5H2,1H3. The molecule has 0 radical (unpaired) electrons. The van der Waals surface area contributed by atoms with E-state index in [1.54, 1.807) is 6.07 Å². The predicted molar refractivity (Wildman–Crippen MR) is 55.1 cm³/mol. The highest BCUT2D eigenvalue weighted by Crippen LogP contribution is 2.25. The van der Waals surface area contributed by atoms with Crippen molar-refractivity contribution in [2.75, 3.05) is 0 Å². The van der Waals surface area contributed by atoms with Crippen LogP contribution in [0, 0.1) is 5.92 Å². The van der Waals surface area contributed by atoms with E-state index in [9.17, 15) is 0 Å². The lowest BCUT2D eigenvalue weighted by Crippen LogP contribution is -2.20. The van der Waals surface area contributed by atoms with Crippen molar-refractivity contribution in [3.8, 4) is 0 Å². The maximum absolute atomic E-state index is 8.85. The molecule has 1 aromatic heterocycles. The van der Waals surface area contributed by atoms with Crippen LogP contribution in [0.1, 0.15) is 24.6 Å². The summed E-state index contributed by atoms with van der Waals surface area (Å²) in [6.45, 7) is 2.13. The maximum Gasteiger partial charge on any atom is 0.129 e. The number of hydrogen-bond acceptors (Lipinski definition) is 3. The summed E-state index contributed by atoms with van der Waals surface area (Å²) < 4.78 is 0. The molecule has 0 spiro atoms. The maximum atomic E-state index is 8.85. The summed E-state index contributed by atoms with van der Waals surface area (Å²) in [5, 5.41) is 12.6. The number of aromatic nitrogens is 1. The van der Waals surface area contributed by atoms with Crippen molar-refractivity contribution in [3.63, 3.8) is 0 Å². The zero-order chi connectivity index (χ0) is 10.1. The summed E-state index contributed by atoms with van der Waals surface area (Å²) in [6.07, 6.45) is 1.73. The fourth-order valence-corrected chi connectivity index (χ4v) is 1.99. The van der Waals surface area contributed by atoms with Gasteiger partial charge >= 0.3 is 0 Å². The summed E-state index contributed by atoms with van der Waals surface area (Å²) in [5.41, 5.74) is 2.50. The van der Waals surface area contributed by atoms with Crippen LogP contribution in [0.4, 0.5) is 0 Å². The Balaban J connectivity index is 2.52. The van der Waals surface area contributed by atoms with E-state index < -0.39 is 0 Å². The Labute approximate surface area is 87.4 Å². The first-order valence-corrected chi connectivity index (χ1v) is 4.95. The van der Waals surface area contributed by atoms with Gasteiger partial charge in [-0.1, -0.05) is 29.7 Å². The topological polar surface area (TPSA) is 45.5 Å². The molecule has 0 amide bonds. The molecule has 74 valence electrons. The molecule has 1 atom stereocenters. The molecule has 0 saturated heterocycles. The molecule has 1 aliphatic rings. The van der Waals surface area contributed by atoms with Gasteiger partial charge in [-0.15, -0.1) is 0 Å². The third-order valence-corrected chi connectivity index (χ3v) is 2.66. The van der Waals surface area contributed by atoms with E-state index in [2.05, 4.69) is 17.1 Å². The van der Waals surface area contributed by atoms with Crippen LogP contribution in [0.2, 0.25) is 5.15 Å². The monoisotopic (exact) mass is 210 g/mol. The molecule has 1 N–H and O–H groups in total. The Morgan fingerprint density at radius 2 is 2.29 bits per heavy atom. The lowest BCUT2D eigenvalue weighted by Gasteiger charge is -2.21. The summed E-state index contributed by atoms with van der Waals surface area (Å²) in [5.74, 6) is 0.497. The molecule has 14 heavy (non-hydrogen) atoms. The number of hydrogen-bond donors (Lipinski definition) is 1. The summed E-state index contributed by atoms with van der Waals surface area (Å²) in [7, 11) is 0. The van der Waals surface area contributed by atoms with Crippen LogP contribution in [0.15, 0.2) is 17.3 Å². The molecule has 1 heterocycles. The van der Waals surface area contributed by atoms with Crippen molar-refractivity contribution >= 4 is 17.3 Å². The van der Waals surface area contributed by atoms with Gasteiger partial charge in [-0.3, -0.25) is 0 Å². The van der Waals surface area contributed by atoms with Crippen LogP contribution in [-0.2, 0) is 6.42 Å². The van der Waals surface area contributed by atoms with Gasteiger partial charge in [-0.25, -0.2) is 4.98 Å². The number of nitrogens with zero attached hydrogens (tertiary/aromatic N) is 2. The van der Waals surface area contributed by atoms with Gasteiger partial charge in [0.05, 0.1) is 5.69 Å². The van der Waals surface area contributed by atoms with Gasteiger partial charge in [0, 0.05) is 0 Å². The largest absolute Gasteiger partial charge is 0.411 e. The average Bonchev–Trinajstić information content (AvgIpc) is 2.17. The summed E-state index contributed by atoms with van der Waals surface area (Å²) >= 11 is 5.79. The Hall–Kier alpha value is -1.09. The molecule has 2 rings (SSSR count). The predicted octanol–water partition coefficient (Wildman–Crippen LogP) is 2.50. The molecule has 3 nitrogen and oxygen atoms in total. The van der Waals surface area contributed by atoms with Crippen LogP contribution in [0.5, 0.6) is 0 Å². The van der Waals surface area contributed by atoms with Gasteiger partial charge in [-0.05, 0) is 30.4 Å². The Bertz CT molecular complexity index is 390. The van der Waals surface area contributed by atoms with Crippen molar-refractivity contribution < 1.29 is 5.21 Å². The molecule has 0 fully saturated rings. The van der Waals surface area contributed by atoms with Crippen molar-refractivity contribution in [1.29, 1.82) is 0 Å². The third kappa shape index (κ3) is 1.60. The highest BCUT2D eigenvalue weighted by molar-refractivity contribution is 6.29. The van der Waals surface area contributed by atoms with Gasteiger partial charge in [0.25, 0.3) is 0 Å². The van der Waals surface area contributed by atoms with E-state index in [0.717, 1.165) is 24.1 Å². The van der Waals surface area contributed by atoms with Crippen molar-refractivity contribution in [2.45, 2.75) is 19.8 Å². The van der Waals surface area contributed by atoms with E-state index in [1.165, 1.54) is 0 Å². The fourth-order valence-electron chi connectivity index (χ4n) is 1.84. The first-order chi connectivity index (χ1) is 6.70. The van der Waals surface area contributed by atoms with Crippen LogP contribution in [0.3, 0.4) is 0 Å². The normalized spacial score (nSPS) is 23.6. The van der Waals surface area contributed by atoms with Crippen LogP contribution < -0.4 is 0 Å². The molecule has 0 saturated carbocycles. The van der Waals surface area contributed by atoms with Crippen LogP contribution in [-0.4, -0.2) is 15.9 Å². The van der Waals surface area contributed by atoms with Crippen LogP contribution >= 0.6 is 11.6 Å². The molecular weight excluding hydrogens is 200 g/mol. The van der Waals surface area contributed by atoms with E-state index >= 15 is 0 Å². The smallest absolute Gasteiger partial charge is 0.129 e. The SMILES string of the molecule is CC1CC(=NO)c2nc(Cl)ccc2C1. The first kappa shape index (κ1) is 9.46. The van der Waals surface area contributed by atoms with Gasteiger partial charge in [-0.2, -0.15) is 0 Å². The summed E-state index contributed by atoms with van der Waals surface area (Å²) in [6, 6.07) is 3.72. The molecular formula is C10H11ClN2O. The molecule has 0 aliphatic heterocycles. The minimum absolute atomic E-state index is 0.444. The number of halogens is 1. The lowest BCUT2D eigenvalue weighted by atomic mass is 9.87. The quantitative estimate of drug-likeness (QED) is 0.406. The van der Waals surface area contributed by atoms with Gasteiger partial charge in [0.1, 0.15) is 10.9 Å². The van der Waals surface area contributed by atoms with Gasteiger partial charge in [0.15, 0.2) is 0 Å².